The van der Waals surface area contributed by atoms with Crippen molar-refractivity contribution in [3.63, 3.8) is 0 Å². The first-order valence-corrected chi connectivity index (χ1v) is 7.25. The number of hydrogen-bond acceptors (Lipinski definition) is 4. The second kappa shape index (κ2) is 4.97. The Morgan fingerprint density at radius 3 is 2.44 bits per heavy atom. The van der Waals surface area contributed by atoms with Gasteiger partial charge in [0.05, 0.1) is 11.4 Å². The van der Waals surface area contributed by atoms with Gasteiger partial charge >= 0.3 is 0 Å². The van der Waals surface area contributed by atoms with Crippen LogP contribution in [-0.2, 0) is 23.4 Å². The van der Waals surface area contributed by atoms with E-state index in [4.69, 9.17) is 0 Å². The summed E-state index contributed by atoms with van der Waals surface area (Å²) < 4.78 is 23.7. The molecule has 1 N–H and O–H groups in total. The van der Waals surface area contributed by atoms with Crippen molar-refractivity contribution >= 4 is 9.84 Å². The van der Waals surface area contributed by atoms with E-state index >= 15 is 0 Å². The second-order valence-corrected chi connectivity index (χ2v) is 6.34. The summed E-state index contributed by atoms with van der Waals surface area (Å²) in [5, 5.41) is 7.42. The molecular weight excluding hydrogens is 226 g/mol. The quantitative estimate of drug-likeness (QED) is 0.751. The van der Waals surface area contributed by atoms with Crippen molar-refractivity contribution < 1.29 is 8.42 Å². The number of aryl methyl sites for hydroxylation is 2. The topological polar surface area (TPSA) is 64.0 Å². The number of nitrogens with zero attached hydrogens (tertiary/aromatic N) is 2. The summed E-state index contributed by atoms with van der Waals surface area (Å²) in [5.74, 6) is 0.172. The smallest absolute Gasteiger partial charge is 0.148 e. The van der Waals surface area contributed by atoms with Gasteiger partial charge in [0.15, 0.2) is 0 Å². The molecule has 6 heteroatoms. The third-order valence-corrected chi connectivity index (χ3v) is 3.56. The lowest BCUT2D eigenvalue weighted by molar-refractivity contribution is 0.596. The Kier molecular flexibility index (Phi) is 4.09. The first-order valence-electron chi connectivity index (χ1n) is 5.19. The Morgan fingerprint density at radius 1 is 1.38 bits per heavy atom. The van der Waals surface area contributed by atoms with Crippen LogP contribution in [0, 0.1) is 13.8 Å². The lowest BCUT2D eigenvalue weighted by atomic mass is 10.2. The molecule has 0 aliphatic heterocycles. The molecule has 1 aromatic heterocycles. The van der Waals surface area contributed by atoms with E-state index in [1.807, 2.05) is 25.6 Å². The molecule has 0 saturated carbocycles. The van der Waals surface area contributed by atoms with Crippen LogP contribution in [0.15, 0.2) is 0 Å². The third kappa shape index (κ3) is 3.61. The summed E-state index contributed by atoms with van der Waals surface area (Å²) in [6, 6.07) is 0. The molecule has 16 heavy (non-hydrogen) atoms. The van der Waals surface area contributed by atoms with Gasteiger partial charge in [-0.05, 0) is 13.8 Å². The predicted molar refractivity (Wildman–Crippen MR) is 64.1 cm³/mol. The van der Waals surface area contributed by atoms with Crippen LogP contribution in [0.25, 0.3) is 0 Å². The molecule has 0 amide bonds. The van der Waals surface area contributed by atoms with E-state index in [1.165, 1.54) is 6.26 Å². The molecule has 1 heterocycles. The zero-order valence-electron chi connectivity index (χ0n) is 10.2. The van der Waals surface area contributed by atoms with Crippen LogP contribution in [0.1, 0.15) is 17.0 Å². The molecule has 0 radical (unpaired) electrons. The molecule has 92 valence electrons. The SMILES string of the molecule is Cc1nn(C)c(C)c1CNCCS(C)(=O)=O. The van der Waals surface area contributed by atoms with Crippen molar-refractivity contribution in [1.82, 2.24) is 15.1 Å². The van der Waals surface area contributed by atoms with Gasteiger partial charge in [-0.2, -0.15) is 5.10 Å². The largest absolute Gasteiger partial charge is 0.312 e. The summed E-state index contributed by atoms with van der Waals surface area (Å²) in [6.45, 7) is 5.11. The Balaban J connectivity index is 2.49. The minimum absolute atomic E-state index is 0.172. The zero-order valence-corrected chi connectivity index (χ0v) is 11.1. The van der Waals surface area contributed by atoms with E-state index in [2.05, 4.69) is 10.4 Å². The summed E-state index contributed by atoms with van der Waals surface area (Å²) in [4.78, 5) is 0. The highest BCUT2D eigenvalue weighted by atomic mass is 32.2. The summed E-state index contributed by atoms with van der Waals surface area (Å²) >= 11 is 0. The van der Waals surface area contributed by atoms with Gasteiger partial charge in [-0.25, -0.2) is 8.42 Å². The number of rotatable bonds is 5. The van der Waals surface area contributed by atoms with Crippen molar-refractivity contribution in [3.8, 4) is 0 Å². The molecule has 1 aromatic rings. The van der Waals surface area contributed by atoms with Gasteiger partial charge in [0, 0.05) is 37.7 Å². The highest BCUT2D eigenvalue weighted by Gasteiger charge is 2.08. The maximum absolute atomic E-state index is 10.9. The molecule has 0 aliphatic carbocycles. The lowest BCUT2D eigenvalue weighted by Gasteiger charge is -2.04. The van der Waals surface area contributed by atoms with E-state index in [0.29, 0.717) is 13.1 Å². The van der Waals surface area contributed by atoms with E-state index in [9.17, 15) is 8.42 Å². The fourth-order valence-electron chi connectivity index (χ4n) is 1.54. The number of hydrogen-bond donors (Lipinski definition) is 1. The minimum Gasteiger partial charge on any atom is -0.312 e. The van der Waals surface area contributed by atoms with Crippen molar-refractivity contribution in [2.24, 2.45) is 7.05 Å². The maximum atomic E-state index is 10.9. The van der Waals surface area contributed by atoms with Crippen LogP contribution in [0.3, 0.4) is 0 Å². The molecular formula is C10H19N3O2S. The van der Waals surface area contributed by atoms with E-state index in [0.717, 1.165) is 17.0 Å². The fourth-order valence-corrected chi connectivity index (χ4v) is 2.06. The molecule has 0 atom stereocenters. The fraction of sp³-hybridized carbons (Fsp3) is 0.700. The molecule has 0 aliphatic rings. The average molecular weight is 245 g/mol. The van der Waals surface area contributed by atoms with E-state index < -0.39 is 9.84 Å². The van der Waals surface area contributed by atoms with Crippen LogP contribution in [0.2, 0.25) is 0 Å². The van der Waals surface area contributed by atoms with Crippen molar-refractivity contribution in [3.05, 3.63) is 17.0 Å². The zero-order chi connectivity index (χ0) is 12.3. The Bertz CT molecular complexity index is 463. The third-order valence-electron chi connectivity index (χ3n) is 2.61. The Labute approximate surface area is 96.8 Å². The summed E-state index contributed by atoms with van der Waals surface area (Å²) in [5.41, 5.74) is 3.26. The summed E-state index contributed by atoms with van der Waals surface area (Å²) in [6.07, 6.45) is 1.25. The number of sulfone groups is 1. The average Bonchev–Trinajstić information content (AvgIpc) is 2.36. The van der Waals surface area contributed by atoms with Gasteiger partial charge in [0.2, 0.25) is 0 Å². The van der Waals surface area contributed by atoms with Crippen LogP contribution in [-0.4, -0.2) is 36.8 Å². The highest BCUT2D eigenvalue weighted by molar-refractivity contribution is 7.90. The standard InChI is InChI=1S/C10H19N3O2S/c1-8-10(9(2)13(3)12-8)7-11-5-6-16(4,14)15/h11H,5-7H2,1-4H3. The maximum Gasteiger partial charge on any atom is 0.148 e. The molecule has 0 bridgehead atoms. The van der Waals surface area contributed by atoms with Crippen LogP contribution >= 0.6 is 0 Å². The molecule has 0 fully saturated rings. The van der Waals surface area contributed by atoms with E-state index in [1.54, 1.807) is 0 Å². The van der Waals surface area contributed by atoms with Gasteiger partial charge < -0.3 is 5.32 Å². The van der Waals surface area contributed by atoms with Gasteiger partial charge in [-0.15, -0.1) is 0 Å². The lowest BCUT2D eigenvalue weighted by Crippen LogP contribution is -2.22. The van der Waals surface area contributed by atoms with Crippen LogP contribution < -0.4 is 5.32 Å². The minimum atomic E-state index is -2.88. The molecule has 5 nitrogen and oxygen atoms in total. The van der Waals surface area contributed by atoms with Crippen molar-refractivity contribution in [2.75, 3.05) is 18.6 Å². The van der Waals surface area contributed by atoms with Gasteiger partial charge in [0.25, 0.3) is 0 Å². The molecule has 1 rings (SSSR count). The number of nitrogens with one attached hydrogen (secondary N) is 1. The first-order chi connectivity index (χ1) is 7.31. The van der Waals surface area contributed by atoms with Crippen LogP contribution in [0.4, 0.5) is 0 Å². The van der Waals surface area contributed by atoms with Crippen molar-refractivity contribution in [2.45, 2.75) is 20.4 Å². The monoisotopic (exact) mass is 245 g/mol. The summed E-state index contributed by atoms with van der Waals surface area (Å²) in [7, 11) is -0.972. The molecule has 0 spiro atoms. The van der Waals surface area contributed by atoms with Crippen molar-refractivity contribution in [1.29, 1.82) is 0 Å². The van der Waals surface area contributed by atoms with Gasteiger partial charge in [-0.3, -0.25) is 4.68 Å². The highest BCUT2D eigenvalue weighted by Crippen LogP contribution is 2.10. The van der Waals surface area contributed by atoms with Crippen LogP contribution in [0.5, 0.6) is 0 Å². The second-order valence-electron chi connectivity index (χ2n) is 4.08. The Hall–Kier alpha value is -0.880. The number of aromatic nitrogens is 2. The predicted octanol–water partition coefficient (Wildman–Crippen LogP) is 0.171. The normalized spacial score (nSPS) is 12.0. The van der Waals surface area contributed by atoms with E-state index in [-0.39, 0.29) is 5.75 Å². The molecule has 0 saturated heterocycles. The first kappa shape index (κ1) is 13.2. The van der Waals surface area contributed by atoms with Gasteiger partial charge in [-0.1, -0.05) is 0 Å². The molecule has 0 aromatic carbocycles. The Morgan fingerprint density at radius 2 is 2.00 bits per heavy atom. The van der Waals surface area contributed by atoms with Gasteiger partial charge in [0.1, 0.15) is 9.84 Å². The molecule has 0 unspecified atom stereocenters.